The van der Waals surface area contributed by atoms with Crippen LogP contribution in [0.2, 0.25) is 0 Å². The Kier molecular flexibility index (Phi) is 4.80. The van der Waals surface area contributed by atoms with Gasteiger partial charge in [0.2, 0.25) is 0 Å². The largest absolute Gasteiger partial charge is 0.452 e. The number of anilines is 3. The predicted molar refractivity (Wildman–Crippen MR) is 88.4 cm³/mol. The van der Waals surface area contributed by atoms with E-state index in [-0.39, 0.29) is 5.69 Å². The first-order valence-corrected chi connectivity index (χ1v) is 6.86. The summed E-state index contributed by atoms with van der Waals surface area (Å²) in [6.07, 6.45) is -0.447. The maximum atomic E-state index is 11.4. The summed E-state index contributed by atoms with van der Waals surface area (Å²) >= 11 is 0. The lowest BCUT2D eigenvalue weighted by atomic mass is 10.1. The minimum absolute atomic E-state index is 0.0885. The number of nitrogens with one attached hydrogen (secondary N) is 1. The van der Waals surface area contributed by atoms with Gasteiger partial charge in [-0.3, -0.25) is 15.0 Å². The van der Waals surface area contributed by atoms with Crippen LogP contribution in [-0.4, -0.2) is 25.2 Å². The van der Waals surface area contributed by atoms with Crippen molar-refractivity contribution in [2.45, 2.75) is 6.92 Å². The smallest absolute Gasteiger partial charge is 0.413 e. The maximum absolute atomic E-state index is 11.4. The maximum Gasteiger partial charge on any atom is 0.413 e. The normalized spacial score (nSPS) is 10.0. The second-order valence-corrected chi connectivity index (χ2v) is 4.96. The number of nitro groups is 1. The van der Waals surface area contributed by atoms with Crippen LogP contribution >= 0.6 is 0 Å². The highest BCUT2D eigenvalue weighted by molar-refractivity contribution is 5.87. The Morgan fingerprint density at radius 3 is 2.30 bits per heavy atom. The fourth-order valence-electron chi connectivity index (χ4n) is 2.12. The molecule has 23 heavy (non-hydrogen) atoms. The number of hydrogen-bond donors (Lipinski definition) is 1. The van der Waals surface area contributed by atoms with Gasteiger partial charge in [-0.05, 0) is 43.3 Å². The molecule has 1 amide bonds. The summed E-state index contributed by atoms with van der Waals surface area (Å²) < 4.78 is 4.65. The molecule has 0 atom stereocenters. The van der Waals surface area contributed by atoms with Gasteiger partial charge in [-0.1, -0.05) is 0 Å². The molecule has 0 saturated heterocycles. The first-order valence-electron chi connectivity index (χ1n) is 6.86. The van der Waals surface area contributed by atoms with Gasteiger partial charge in [-0.2, -0.15) is 0 Å². The number of aryl methyl sites for hydroxylation is 1. The fourth-order valence-corrected chi connectivity index (χ4v) is 2.12. The van der Waals surface area contributed by atoms with Gasteiger partial charge in [0.05, 0.1) is 12.0 Å². The molecule has 2 rings (SSSR count). The molecule has 7 heteroatoms. The summed E-state index contributed by atoms with van der Waals surface area (Å²) in [7, 11) is 2.94. The molecular formula is C16H17N3O4. The first-order chi connectivity index (χ1) is 10.9. The molecule has 120 valence electrons. The van der Waals surface area contributed by atoms with Crippen LogP contribution in [0, 0.1) is 17.0 Å². The third-order valence-electron chi connectivity index (χ3n) is 3.39. The molecule has 0 heterocycles. The minimum atomic E-state index is -0.447. The van der Waals surface area contributed by atoms with Gasteiger partial charge in [0.25, 0.3) is 5.69 Å². The monoisotopic (exact) mass is 315 g/mol. The van der Waals surface area contributed by atoms with E-state index in [1.807, 2.05) is 12.1 Å². The average Bonchev–Trinajstić information content (AvgIpc) is 2.54. The van der Waals surface area contributed by atoms with Gasteiger partial charge in [0.1, 0.15) is 0 Å². The second-order valence-electron chi connectivity index (χ2n) is 4.96. The van der Waals surface area contributed by atoms with E-state index in [0.717, 1.165) is 11.4 Å². The van der Waals surface area contributed by atoms with Crippen molar-refractivity contribution in [2.75, 3.05) is 24.4 Å². The summed E-state index contributed by atoms with van der Waals surface area (Å²) in [5, 5.41) is 14.0. The summed E-state index contributed by atoms with van der Waals surface area (Å²) in [4.78, 5) is 23.2. The van der Waals surface area contributed by atoms with Crippen molar-refractivity contribution in [3.05, 3.63) is 58.1 Å². The zero-order chi connectivity index (χ0) is 17.0. The topological polar surface area (TPSA) is 84.7 Å². The van der Waals surface area contributed by atoms with Gasteiger partial charge >= 0.3 is 6.09 Å². The van der Waals surface area contributed by atoms with Crippen molar-refractivity contribution >= 4 is 28.8 Å². The number of methoxy groups -OCH3 is 1. The molecule has 0 spiro atoms. The lowest BCUT2D eigenvalue weighted by Gasteiger charge is -2.16. The van der Waals surface area contributed by atoms with Crippen molar-refractivity contribution in [3.8, 4) is 0 Å². The third-order valence-corrected chi connectivity index (χ3v) is 3.39. The summed E-state index contributed by atoms with van der Waals surface area (Å²) in [6.45, 7) is 1.69. The van der Waals surface area contributed by atoms with Crippen molar-refractivity contribution in [1.29, 1.82) is 0 Å². The Morgan fingerprint density at radius 2 is 1.78 bits per heavy atom. The zero-order valence-electron chi connectivity index (χ0n) is 13.1. The van der Waals surface area contributed by atoms with Crippen molar-refractivity contribution in [2.24, 2.45) is 0 Å². The van der Waals surface area contributed by atoms with E-state index in [0.29, 0.717) is 11.3 Å². The fraction of sp³-hybridized carbons (Fsp3) is 0.188. The molecule has 0 radical (unpaired) electrons. The molecule has 2 aromatic carbocycles. The first kappa shape index (κ1) is 16.3. The van der Waals surface area contributed by atoms with Crippen LogP contribution < -0.4 is 10.2 Å². The van der Waals surface area contributed by atoms with Gasteiger partial charge < -0.3 is 10.1 Å². The SMILES string of the molecule is COC(=O)N(C)c1ccc(Nc2ccc([N+](=O)[O-])c(C)c2)cc1. The van der Waals surface area contributed by atoms with Crippen LogP contribution in [0.3, 0.4) is 0 Å². The molecular weight excluding hydrogens is 298 g/mol. The molecule has 0 aliphatic carbocycles. The quantitative estimate of drug-likeness (QED) is 0.684. The molecule has 0 saturated carbocycles. The second kappa shape index (κ2) is 6.78. The zero-order valence-corrected chi connectivity index (χ0v) is 13.1. The third kappa shape index (κ3) is 3.76. The summed E-state index contributed by atoms with van der Waals surface area (Å²) in [5.41, 5.74) is 2.93. The molecule has 2 aromatic rings. The van der Waals surface area contributed by atoms with E-state index in [4.69, 9.17) is 0 Å². The van der Waals surface area contributed by atoms with Crippen molar-refractivity contribution in [3.63, 3.8) is 0 Å². The molecule has 0 aromatic heterocycles. The highest BCUT2D eigenvalue weighted by Crippen LogP contribution is 2.25. The number of nitro benzene ring substituents is 1. The molecule has 0 bridgehead atoms. The molecule has 1 N–H and O–H groups in total. The van der Waals surface area contributed by atoms with E-state index in [1.165, 1.54) is 18.1 Å². The predicted octanol–water partition coefficient (Wildman–Crippen LogP) is 3.85. The lowest BCUT2D eigenvalue weighted by molar-refractivity contribution is -0.385. The average molecular weight is 315 g/mol. The van der Waals surface area contributed by atoms with Crippen LogP contribution in [0.15, 0.2) is 42.5 Å². The van der Waals surface area contributed by atoms with E-state index in [9.17, 15) is 14.9 Å². The number of rotatable bonds is 4. The Hall–Kier alpha value is -3.09. The van der Waals surface area contributed by atoms with E-state index in [1.54, 1.807) is 38.2 Å². The number of hydrogen-bond acceptors (Lipinski definition) is 5. The van der Waals surface area contributed by atoms with Crippen LogP contribution in [-0.2, 0) is 4.74 Å². The summed E-state index contributed by atoms with van der Waals surface area (Å²) in [6, 6.07) is 12.0. The number of ether oxygens (including phenoxy) is 1. The molecule has 0 aliphatic heterocycles. The Morgan fingerprint density at radius 1 is 1.17 bits per heavy atom. The number of amides is 1. The van der Waals surface area contributed by atoms with Gasteiger partial charge in [-0.25, -0.2) is 4.79 Å². The highest BCUT2D eigenvalue weighted by atomic mass is 16.6. The minimum Gasteiger partial charge on any atom is -0.452 e. The molecule has 0 fully saturated rings. The highest BCUT2D eigenvalue weighted by Gasteiger charge is 2.11. The van der Waals surface area contributed by atoms with Crippen LogP contribution in [0.5, 0.6) is 0 Å². The Bertz CT molecular complexity index is 729. The standard InChI is InChI=1S/C16H17N3O4/c1-11-10-13(6-9-15(11)19(21)22)17-12-4-7-14(8-5-12)18(2)16(20)23-3/h4-10,17H,1-3H3. The number of carbonyl (C=O) groups is 1. The summed E-state index contributed by atoms with van der Waals surface area (Å²) in [5.74, 6) is 0. The van der Waals surface area contributed by atoms with E-state index < -0.39 is 11.0 Å². The van der Waals surface area contributed by atoms with Crippen molar-refractivity contribution < 1.29 is 14.5 Å². The Balaban J connectivity index is 2.14. The lowest BCUT2D eigenvalue weighted by Crippen LogP contribution is -2.25. The van der Waals surface area contributed by atoms with E-state index >= 15 is 0 Å². The van der Waals surface area contributed by atoms with Gasteiger partial charge in [0, 0.05) is 35.7 Å². The Labute approximate surface area is 133 Å². The molecule has 7 nitrogen and oxygen atoms in total. The van der Waals surface area contributed by atoms with Crippen LogP contribution in [0.4, 0.5) is 27.5 Å². The molecule has 0 unspecified atom stereocenters. The van der Waals surface area contributed by atoms with Crippen molar-refractivity contribution in [1.82, 2.24) is 0 Å². The van der Waals surface area contributed by atoms with Crippen LogP contribution in [0.25, 0.3) is 0 Å². The number of nitrogens with zero attached hydrogens (tertiary/aromatic N) is 2. The molecule has 0 aliphatic rings. The number of carbonyl (C=O) groups excluding carboxylic acids is 1. The number of benzene rings is 2. The van der Waals surface area contributed by atoms with Gasteiger partial charge in [0.15, 0.2) is 0 Å². The van der Waals surface area contributed by atoms with E-state index in [2.05, 4.69) is 10.1 Å². The van der Waals surface area contributed by atoms with Gasteiger partial charge in [-0.15, -0.1) is 0 Å². The van der Waals surface area contributed by atoms with Crippen LogP contribution in [0.1, 0.15) is 5.56 Å².